The highest BCUT2D eigenvalue weighted by molar-refractivity contribution is 8.00. The molecule has 3 N–H and O–H groups in total. The lowest BCUT2D eigenvalue weighted by Gasteiger charge is -2.40. The van der Waals surface area contributed by atoms with Gasteiger partial charge in [0, 0.05) is 34.8 Å². The molecule has 2 unspecified atom stereocenters. The van der Waals surface area contributed by atoms with Gasteiger partial charge in [-0.15, -0.1) is 0 Å². The van der Waals surface area contributed by atoms with E-state index in [4.69, 9.17) is 10.9 Å². The maximum atomic E-state index is 13.4. The highest BCUT2D eigenvalue weighted by Crippen LogP contribution is 2.31. The van der Waals surface area contributed by atoms with Crippen LogP contribution in [-0.2, 0) is 0 Å². The van der Waals surface area contributed by atoms with Crippen molar-refractivity contribution < 1.29 is 9.60 Å². The number of benzene rings is 1. The molecule has 2 atom stereocenters. The first-order valence-corrected chi connectivity index (χ1v) is 7.25. The number of hydrogen-bond donors (Lipinski definition) is 2. The predicted molar refractivity (Wildman–Crippen MR) is 77.6 cm³/mol. The number of thioether (sulfide) groups is 1. The Labute approximate surface area is 116 Å². The molecule has 6 heteroatoms. The van der Waals surface area contributed by atoms with E-state index in [1.807, 2.05) is 11.8 Å². The number of anilines is 1. The van der Waals surface area contributed by atoms with Crippen LogP contribution in [0.5, 0.6) is 0 Å². The van der Waals surface area contributed by atoms with Gasteiger partial charge in [0.25, 0.3) is 0 Å². The van der Waals surface area contributed by atoms with E-state index >= 15 is 0 Å². The van der Waals surface area contributed by atoms with Crippen molar-refractivity contribution in [3.05, 3.63) is 29.6 Å². The normalized spacial score (nSPS) is 24.6. The minimum atomic E-state index is -0.391. The van der Waals surface area contributed by atoms with Gasteiger partial charge in [0.05, 0.1) is 0 Å². The lowest BCUT2D eigenvalue weighted by Crippen LogP contribution is -2.45. The van der Waals surface area contributed by atoms with E-state index in [0.29, 0.717) is 16.9 Å². The summed E-state index contributed by atoms with van der Waals surface area (Å²) in [5.74, 6) is 0.559. The molecule has 1 heterocycles. The molecule has 0 saturated carbocycles. The third-order valence-corrected chi connectivity index (χ3v) is 4.87. The summed E-state index contributed by atoms with van der Waals surface area (Å²) in [5, 5.41) is 12.3. The van der Waals surface area contributed by atoms with Crippen molar-refractivity contribution >= 4 is 23.3 Å². The van der Waals surface area contributed by atoms with E-state index in [2.05, 4.69) is 23.9 Å². The minimum absolute atomic E-state index is 0.0624. The average Bonchev–Trinajstić information content (AvgIpc) is 2.41. The largest absolute Gasteiger partial charge is 0.409 e. The number of amidine groups is 1. The van der Waals surface area contributed by atoms with E-state index in [9.17, 15) is 4.39 Å². The molecule has 0 aliphatic carbocycles. The minimum Gasteiger partial charge on any atom is -0.409 e. The van der Waals surface area contributed by atoms with Crippen molar-refractivity contribution in [1.82, 2.24) is 0 Å². The Morgan fingerprint density at radius 3 is 2.95 bits per heavy atom. The fourth-order valence-corrected chi connectivity index (χ4v) is 3.39. The molecule has 0 aromatic heterocycles. The van der Waals surface area contributed by atoms with Crippen LogP contribution in [-0.4, -0.2) is 34.6 Å². The van der Waals surface area contributed by atoms with Gasteiger partial charge in [0.2, 0.25) is 0 Å². The number of hydrogen-bond acceptors (Lipinski definition) is 4. The van der Waals surface area contributed by atoms with Crippen LogP contribution in [0.4, 0.5) is 10.1 Å². The predicted octanol–water partition coefficient (Wildman–Crippen LogP) is 2.25. The quantitative estimate of drug-likeness (QED) is 0.378. The summed E-state index contributed by atoms with van der Waals surface area (Å²) >= 11 is 1.92. The maximum absolute atomic E-state index is 13.4. The number of nitrogens with two attached hydrogens (primary N) is 1. The van der Waals surface area contributed by atoms with Crippen LogP contribution in [0.3, 0.4) is 0 Å². The topological polar surface area (TPSA) is 61.8 Å². The number of rotatable bonds is 2. The molecule has 0 amide bonds. The van der Waals surface area contributed by atoms with Gasteiger partial charge in [-0.3, -0.25) is 0 Å². The monoisotopic (exact) mass is 283 g/mol. The summed E-state index contributed by atoms with van der Waals surface area (Å²) < 4.78 is 13.4. The van der Waals surface area contributed by atoms with Crippen molar-refractivity contribution in [3.63, 3.8) is 0 Å². The van der Waals surface area contributed by atoms with Crippen LogP contribution >= 0.6 is 11.8 Å². The zero-order valence-electron chi connectivity index (χ0n) is 11.0. The molecule has 19 heavy (non-hydrogen) atoms. The van der Waals surface area contributed by atoms with Crippen molar-refractivity contribution in [2.45, 2.75) is 25.1 Å². The molecule has 0 radical (unpaired) electrons. The SMILES string of the molecule is CC1SCCN(c2ccc(F)cc2/C(N)=N/O)C1C. The highest BCUT2D eigenvalue weighted by atomic mass is 32.2. The maximum Gasteiger partial charge on any atom is 0.172 e. The van der Waals surface area contributed by atoms with Crippen molar-refractivity contribution in [2.24, 2.45) is 10.9 Å². The molecule has 0 bridgehead atoms. The molecular weight excluding hydrogens is 265 g/mol. The standard InChI is InChI=1S/C13H18FN3OS/c1-8-9(2)19-6-5-17(8)12-4-3-10(14)7-11(12)13(15)16-18/h3-4,7-9,18H,5-6H2,1-2H3,(H2,15,16). The van der Waals surface area contributed by atoms with Crippen LogP contribution in [0, 0.1) is 5.82 Å². The second-order valence-electron chi connectivity index (χ2n) is 4.66. The van der Waals surface area contributed by atoms with Gasteiger partial charge in [-0.05, 0) is 25.1 Å². The molecule has 1 aliphatic rings. The Bertz CT molecular complexity index is 495. The first kappa shape index (κ1) is 14.0. The zero-order chi connectivity index (χ0) is 14.0. The van der Waals surface area contributed by atoms with E-state index in [1.165, 1.54) is 12.1 Å². The number of halogens is 1. The molecule has 1 fully saturated rings. The molecule has 1 aliphatic heterocycles. The van der Waals surface area contributed by atoms with Gasteiger partial charge in [0.15, 0.2) is 5.84 Å². The van der Waals surface area contributed by atoms with Gasteiger partial charge in [-0.25, -0.2) is 4.39 Å². The summed E-state index contributed by atoms with van der Waals surface area (Å²) in [5.41, 5.74) is 6.91. The van der Waals surface area contributed by atoms with Crippen molar-refractivity contribution in [1.29, 1.82) is 0 Å². The van der Waals surface area contributed by atoms with Crippen LogP contribution in [0.2, 0.25) is 0 Å². The lowest BCUT2D eigenvalue weighted by atomic mass is 10.1. The molecule has 2 rings (SSSR count). The Morgan fingerprint density at radius 2 is 2.26 bits per heavy atom. The number of nitrogens with zero attached hydrogens (tertiary/aromatic N) is 2. The van der Waals surface area contributed by atoms with E-state index in [0.717, 1.165) is 18.0 Å². The molecule has 4 nitrogen and oxygen atoms in total. The van der Waals surface area contributed by atoms with E-state index in [-0.39, 0.29) is 5.84 Å². The van der Waals surface area contributed by atoms with Crippen LogP contribution < -0.4 is 10.6 Å². The molecule has 1 aromatic rings. The summed E-state index contributed by atoms with van der Waals surface area (Å²) in [6.45, 7) is 5.18. The Balaban J connectivity index is 2.44. The molecule has 1 aromatic carbocycles. The highest BCUT2D eigenvalue weighted by Gasteiger charge is 2.27. The van der Waals surface area contributed by atoms with E-state index in [1.54, 1.807) is 6.07 Å². The summed E-state index contributed by atoms with van der Waals surface area (Å²) in [6, 6.07) is 4.73. The molecular formula is C13H18FN3OS. The smallest absolute Gasteiger partial charge is 0.172 e. The van der Waals surface area contributed by atoms with Crippen LogP contribution in [0.25, 0.3) is 0 Å². The zero-order valence-corrected chi connectivity index (χ0v) is 11.8. The van der Waals surface area contributed by atoms with Gasteiger partial charge in [0.1, 0.15) is 5.82 Å². The van der Waals surface area contributed by atoms with Crippen LogP contribution in [0.1, 0.15) is 19.4 Å². The first-order chi connectivity index (χ1) is 9.04. The lowest BCUT2D eigenvalue weighted by molar-refractivity contribution is 0.318. The summed E-state index contributed by atoms with van der Waals surface area (Å²) in [6.07, 6.45) is 0. The molecule has 0 spiro atoms. The van der Waals surface area contributed by atoms with Crippen molar-refractivity contribution in [3.8, 4) is 0 Å². The molecule has 1 saturated heterocycles. The van der Waals surface area contributed by atoms with Gasteiger partial charge in [-0.2, -0.15) is 11.8 Å². The van der Waals surface area contributed by atoms with Gasteiger partial charge >= 0.3 is 0 Å². The second kappa shape index (κ2) is 5.69. The summed E-state index contributed by atoms with van der Waals surface area (Å²) in [4.78, 5) is 2.19. The third kappa shape index (κ3) is 2.78. The Hall–Kier alpha value is -1.43. The van der Waals surface area contributed by atoms with E-state index < -0.39 is 5.82 Å². The fourth-order valence-electron chi connectivity index (χ4n) is 2.29. The molecule has 104 valence electrons. The van der Waals surface area contributed by atoms with Gasteiger partial charge in [-0.1, -0.05) is 12.1 Å². The number of oxime groups is 1. The van der Waals surface area contributed by atoms with Crippen molar-refractivity contribution in [2.75, 3.05) is 17.2 Å². The second-order valence-corrected chi connectivity index (χ2v) is 6.14. The Morgan fingerprint density at radius 1 is 1.53 bits per heavy atom. The average molecular weight is 283 g/mol. The third-order valence-electron chi connectivity index (χ3n) is 3.54. The summed E-state index contributed by atoms with van der Waals surface area (Å²) in [7, 11) is 0. The van der Waals surface area contributed by atoms with Gasteiger partial charge < -0.3 is 15.8 Å². The fraction of sp³-hybridized carbons (Fsp3) is 0.462. The first-order valence-electron chi connectivity index (χ1n) is 6.20. The Kier molecular flexibility index (Phi) is 4.19. The van der Waals surface area contributed by atoms with Crippen LogP contribution in [0.15, 0.2) is 23.4 Å².